The Kier molecular flexibility index (Phi) is 4.08. The second-order valence-electron chi connectivity index (χ2n) is 3.45. The molecule has 1 aromatic heterocycles. The van der Waals surface area contributed by atoms with Crippen molar-refractivity contribution in [1.82, 2.24) is 4.98 Å². The topological polar surface area (TPSA) is 54.0 Å². The zero-order chi connectivity index (χ0) is 13.0. The predicted molar refractivity (Wildman–Crippen MR) is 76.0 cm³/mol. The molecule has 1 heterocycles. The first-order chi connectivity index (χ1) is 8.63. The summed E-state index contributed by atoms with van der Waals surface area (Å²) in [7, 11) is 0. The van der Waals surface area contributed by atoms with Gasteiger partial charge in [-0.1, -0.05) is 0 Å². The van der Waals surface area contributed by atoms with Crippen molar-refractivity contribution in [1.29, 1.82) is 0 Å². The van der Waals surface area contributed by atoms with Gasteiger partial charge in [0.1, 0.15) is 11.6 Å². The summed E-state index contributed by atoms with van der Waals surface area (Å²) in [5.74, 6) is 0.107. The third kappa shape index (κ3) is 3.66. The van der Waals surface area contributed by atoms with Crippen LogP contribution in [0.1, 0.15) is 0 Å². The van der Waals surface area contributed by atoms with Crippen LogP contribution in [0.15, 0.2) is 42.6 Å². The van der Waals surface area contributed by atoms with Gasteiger partial charge < -0.3 is 5.32 Å². The fourth-order valence-electron chi connectivity index (χ4n) is 1.26. The monoisotopic (exact) mass is 357 g/mol. The third-order valence-corrected chi connectivity index (χ3v) is 2.71. The molecule has 0 aliphatic carbocycles. The number of hydrogen-bond donors (Lipinski definition) is 2. The molecule has 2 N–H and O–H groups in total. The summed E-state index contributed by atoms with van der Waals surface area (Å²) < 4.78 is 13.7. The summed E-state index contributed by atoms with van der Waals surface area (Å²) >= 11 is 2.13. The molecule has 2 aromatic rings. The second kappa shape index (κ2) is 5.76. The van der Waals surface area contributed by atoms with E-state index in [0.717, 1.165) is 3.57 Å². The van der Waals surface area contributed by atoms with E-state index in [1.165, 1.54) is 24.3 Å². The van der Waals surface area contributed by atoms with E-state index in [9.17, 15) is 9.18 Å². The number of nitrogens with zero attached hydrogens (tertiary/aromatic N) is 1. The molecular weight excluding hydrogens is 348 g/mol. The molecule has 0 aliphatic heterocycles. The Balaban J connectivity index is 1.96. The second-order valence-corrected chi connectivity index (χ2v) is 4.69. The van der Waals surface area contributed by atoms with Crippen LogP contribution in [0.5, 0.6) is 0 Å². The van der Waals surface area contributed by atoms with Gasteiger partial charge in [-0.25, -0.2) is 14.2 Å². The Morgan fingerprint density at radius 2 is 1.83 bits per heavy atom. The highest BCUT2D eigenvalue weighted by molar-refractivity contribution is 14.1. The first-order valence-corrected chi connectivity index (χ1v) is 6.16. The largest absolute Gasteiger partial charge is 0.324 e. The van der Waals surface area contributed by atoms with E-state index >= 15 is 0 Å². The van der Waals surface area contributed by atoms with Gasteiger partial charge in [0.05, 0.1) is 0 Å². The number of benzene rings is 1. The van der Waals surface area contributed by atoms with Gasteiger partial charge in [-0.3, -0.25) is 5.32 Å². The Hall–Kier alpha value is -1.70. The average molecular weight is 357 g/mol. The van der Waals surface area contributed by atoms with E-state index in [1.807, 2.05) is 6.07 Å². The number of anilines is 2. The van der Waals surface area contributed by atoms with Crippen LogP contribution in [0.2, 0.25) is 0 Å². The van der Waals surface area contributed by atoms with Crippen LogP contribution in [0.25, 0.3) is 0 Å². The van der Waals surface area contributed by atoms with E-state index in [-0.39, 0.29) is 5.82 Å². The van der Waals surface area contributed by atoms with Crippen molar-refractivity contribution in [3.8, 4) is 0 Å². The molecule has 0 unspecified atom stereocenters. The van der Waals surface area contributed by atoms with Crippen molar-refractivity contribution in [2.45, 2.75) is 0 Å². The molecule has 0 spiro atoms. The summed E-state index contributed by atoms with van der Waals surface area (Å²) in [6.07, 6.45) is 1.65. The van der Waals surface area contributed by atoms with Crippen LogP contribution >= 0.6 is 22.6 Å². The Morgan fingerprint density at radius 3 is 2.44 bits per heavy atom. The maximum Gasteiger partial charge on any atom is 0.324 e. The van der Waals surface area contributed by atoms with Crippen LogP contribution in [-0.2, 0) is 0 Å². The third-order valence-electron chi connectivity index (χ3n) is 2.07. The van der Waals surface area contributed by atoms with Gasteiger partial charge in [-0.15, -0.1) is 0 Å². The normalized spacial score (nSPS) is 9.89. The molecular formula is C12H9FIN3O. The van der Waals surface area contributed by atoms with Gasteiger partial charge >= 0.3 is 6.03 Å². The summed E-state index contributed by atoms with van der Waals surface area (Å²) in [5.41, 5.74) is 0.513. The Bertz CT molecular complexity index is 493. The quantitative estimate of drug-likeness (QED) is 0.809. The van der Waals surface area contributed by atoms with Gasteiger partial charge in [0.2, 0.25) is 0 Å². The Labute approximate surface area is 117 Å². The van der Waals surface area contributed by atoms with Crippen LogP contribution in [0.4, 0.5) is 20.7 Å². The van der Waals surface area contributed by atoms with E-state index in [0.29, 0.717) is 11.5 Å². The van der Waals surface area contributed by atoms with Crippen LogP contribution in [-0.4, -0.2) is 11.0 Å². The maximum atomic E-state index is 12.7. The minimum atomic E-state index is -0.421. The summed E-state index contributed by atoms with van der Waals surface area (Å²) in [5, 5.41) is 5.15. The number of carbonyl (C=O) groups is 1. The molecule has 6 heteroatoms. The number of urea groups is 1. The number of halogens is 2. The zero-order valence-corrected chi connectivity index (χ0v) is 11.3. The summed E-state index contributed by atoms with van der Waals surface area (Å²) in [4.78, 5) is 15.6. The highest BCUT2D eigenvalue weighted by Crippen LogP contribution is 2.10. The lowest BCUT2D eigenvalue weighted by Crippen LogP contribution is -2.20. The van der Waals surface area contributed by atoms with Crippen molar-refractivity contribution in [2.75, 3.05) is 10.6 Å². The molecule has 4 nitrogen and oxygen atoms in total. The van der Waals surface area contributed by atoms with E-state index < -0.39 is 6.03 Å². The Morgan fingerprint density at radius 1 is 1.11 bits per heavy atom. The molecule has 92 valence electrons. The number of aromatic nitrogens is 1. The summed E-state index contributed by atoms with van der Waals surface area (Å²) in [6, 6.07) is 8.63. The van der Waals surface area contributed by atoms with Gasteiger partial charge in [0.25, 0.3) is 0 Å². The smallest absolute Gasteiger partial charge is 0.308 e. The first kappa shape index (κ1) is 12.7. The molecule has 18 heavy (non-hydrogen) atoms. The van der Waals surface area contributed by atoms with Crippen molar-refractivity contribution in [3.63, 3.8) is 0 Å². The molecule has 0 aliphatic rings. The predicted octanol–water partition coefficient (Wildman–Crippen LogP) is 3.47. The SMILES string of the molecule is O=C(Nc1ccc(F)cc1)Nc1ccc(I)cn1. The number of rotatable bonds is 2. The van der Waals surface area contributed by atoms with Crippen LogP contribution in [0.3, 0.4) is 0 Å². The number of hydrogen-bond acceptors (Lipinski definition) is 2. The van der Waals surface area contributed by atoms with Crippen molar-refractivity contribution in [3.05, 3.63) is 52.0 Å². The van der Waals surface area contributed by atoms with E-state index in [2.05, 4.69) is 38.2 Å². The highest BCUT2D eigenvalue weighted by atomic mass is 127. The molecule has 0 radical (unpaired) electrons. The zero-order valence-electron chi connectivity index (χ0n) is 9.15. The lowest BCUT2D eigenvalue weighted by molar-refractivity contribution is 0.262. The number of amides is 2. The van der Waals surface area contributed by atoms with E-state index in [4.69, 9.17) is 0 Å². The molecule has 1 aromatic carbocycles. The molecule has 0 saturated heterocycles. The molecule has 2 amide bonds. The molecule has 0 bridgehead atoms. The molecule has 0 atom stereocenters. The fourth-order valence-corrected chi connectivity index (χ4v) is 1.58. The first-order valence-electron chi connectivity index (χ1n) is 5.08. The number of nitrogens with one attached hydrogen (secondary N) is 2. The van der Waals surface area contributed by atoms with Crippen LogP contribution < -0.4 is 10.6 Å². The molecule has 0 saturated carbocycles. The van der Waals surface area contributed by atoms with Gasteiger partial charge in [0, 0.05) is 15.5 Å². The van der Waals surface area contributed by atoms with Crippen molar-refractivity contribution in [2.24, 2.45) is 0 Å². The minimum absolute atomic E-state index is 0.347. The number of pyridine rings is 1. The van der Waals surface area contributed by atoms with Crippen molar-refractivity contribution < 1.29 is 9.18 Å². The van der Waals surface area contributed by atoms with E-state index in [1.54, 1.807) is 12.3 Å². The lowest BCUT2D eigenvalue weighted by Gasteiger charge is -2.06. The van der Waals surface area contributed by atoms with Crippen molar-refractivity contribution >= 4 is 40.1 Å². The maximum absolute atomic E-state index is 12.7. The minimum Gasteiger partial charge on any atom is -0.308 e. The summed E-state index contributed by atoms with van der Waals surface area (Å²) in [6.45, 7) is 0. The van der Waals surface area contributed by atoms with Gasteiger partial charge in [-0.05, 0) is 59.0 Å². The van der Waals surface area contributed by atoms with Gasteiger partial charge in [0.15, 0.2) is 0 Å². The van der Waals surface area contributed by atoms with Gasteiger partial charge in [-0.2, -0.15) is 0 Å². The number of carbonyl (C=O) groups excluding carboxylic acids is 1. The highest BCUT2D eigenvalue weighted by Gasteiger charge is 2.03. The molecule has 0 fully saturated rings. The standard InChI is InChI=1S/C12H9FIN3O/c13-8-1-4-10(5-2-8)16-12(18)17-11-6-3-9(14)7-15-11/h1-7H,(H2,15,16,17,18). The van der Waals surface area contributed by atoms with Crippen LogP contribution in [0, 0.1) is 9.39 Å². The fraction of sp³-hybridized carbons (Fsp3) is 0. The molecule has 2 rings (SSSR count). The average Bonchev–Trinajstić information content (AvgIpc) is 2.35. The lowest BCUT2D eigenvalue weighted by atomic mass is 10.3.